The van der Waals surface area contributed by atoms with E-state index in [1.54, 1.807) is 31.2 Å². The molecule has 0 spiro atoms. The van der Waals surface area contributed by atoms with Gasteiger partial charge in [0, 0.05) is 12.5 Å². The van der Waals surface area contributed by atoms with Crippen LogP contribution in [0.2, 0.25) is 0 Å². The summed E-state index contributed by atoms with van der Waals surface area (Å²) in [6, 6.07) is 12.9. The minimum absolute atomic E-state index is 0.0469. The van der Waals surface area contributed by atoms with Gasteiger partial charge >= 0.3 is 5.97 Å². The molecule has 0 amide bonds. The third kappa shape index (κ3) is 5.39. The third-order valence-electron chi connectivity index (χ3n) is 6.83. The van der Waals surface area contributed by atoms with Crippen molar-refractivity contribution in [2.75, 3.05) is 33.4 Å². The Morgan fingerprint density at radius 3 is 2.15 bits per heavy atom. The SMILES string of the molecule is CCC(c1ccc(OCCN2CCCCC2)cc1)C(C)(C(=O)O)S(=O)(=O)c1ccc(OC)cc1. The van der Waals surface area contributed by atoms with Crippen molar-refractivity contribution in [3.8, 4) is 11.5 Å². The van der Waals surface area contributed by atoms with E-state index < -0.39 is 26.5 Å². The van der Waals surface area contributed by atoms with E-state index in [0.717, 1.165) is 19.6 Å². The van der Waals surface area contributed by atoms with Crippen molar-refractivity contribution < 1.29 is 27.8 Å². The molecule has 0 saturated carbocycles. The standard InChI is InChI=1S/C26H35NO6S/c1-4-24(20-8-10-22(11-9-20)33-19-18-27-16-6-5-7-17-27)26(2,25(28)29)34(30,31)23-14-12-21(32-3)13-15-23/h8-15,24H,4-7,16-19H2,1-3H3,(H,28,29). The minimum atomic E-state index is -4.21. The quantitative estimate of drug-likeness (QED) is 0.501. The number of rotatable bonds is 11. The lowest BCUT2D eigenvalue weighted by atomic mass is 9.84. The molecule has 1 heterocycles. The van der Waals surface area contributed by atoms with E-state index in [1.165, 1.54) is 57.6 Å². The lowest BCUT2D eigenvalue weighted by Crippen LogP contribution is -2.48. The number of hydrogen-bond acceptors (Lipinski definition) is 6. The Morgan fingerprint density at radius 1 is 1.03 bits per heavy atom. The fourth-order valence-electron chi connectivity index (χ4n) is 4.67. The van der Waals surface area contributed by atoms with Gasteiger partial charge in [0.1, 0.15) is 18.1 Å². The van der Waals surface area contributed by atoms with Crippen LogP contribution < -0.4 is 9.47 Å². The van der Waals surface area contributed by atoms with E-state index in [1.807, 2.05) is 0 Å². The second-order valence-corrected chi connectivity index (χ2v) is 11.2. The second kappa shape index (κ2) is 11.2. The number of ether oxygens (including phenoxy) is 2. The molecule has 0 bridgehead atoms. The number of piperidine rings is 1. The molecule has 0 radical (unpaired) electrons. The van der Waals surface area contributed by atoms with Crippen LogP contribution in [0.25, 0.3) is 0 Å². The predicted octanol–water partition coefficient (Wildman–Crippen LogP) is 4.37. The molecule has 34 heavy (non-hydrogen) atoms. The number of carboxylic acid groups (broad SMARTS) is 1. The summed E-state index contributed by atoms with van der Waals surface area (Å²) in [6.45, 7) is 6.77. The van der Waals surface area contributed by atoms with Crippen molar-refractivity contribution in [1.29, 1.82) is 0 Å². The van der Waals surface area contributed by atoms with Crippen molar-refractivity contribution in [3.63, 3.8) is 0 Å². The van der Waals surface area contributed by atoms with E-state index in [9.17, 15) is 18.3 Å². The minimum Gasteiger partial charge on any atom is -0.497 e. The van der Waals surface area contributed by atoms with E-state index in [-0.39, 0.29) is 4.90 Å². The molecule has 0 aromatic heterocycles. The molecule has 186 valence electrons. The zero-order valence-corrected chi connectivity index (χ0v) is 21.0. The van der Waals surface area contributed by atoms with Crippen molar-refractivity contribution in [2.45, 2.75) is 55.1 Å². The van der Waals surface area contributed by atoms with Gasteiger partial charge in [-0.05, 0) is 81.2 Å². The predicted molar refractivity (Wildman–Crippen MR) is 131 cm³/mol. The zero-order chi connectivity index (χ0) is 24.8. The molecule has 2 atom stereocenters. The van der Waals surface area contributed by atoms with Gasteiger partial charge in [-0.25, -0.2) is 8.42 Å². The van der Waals surface area contributed by atoms with E-state index in [4.69, 9.17) is 9.47 Å². The first kappa shape index (κ1) is 26.0. The lowest BCUT2D eigenvalue weighted by Gasteiger charge is -2.33. The van der Waals surface area contributed by atoms with Crippen LogP contribution in [-0.4, -0.2) is 62.5 Å². The van der Waals surface area contributed by atoms with Crippen molar-refractivity contribution in [2.24, 2.45) is 0 Å². The Morgan fingerprint density at radius 2 is 1.62 bits per heavy atom. The average Bonchev–Trinajstić information content (AvgIpc) is 2.85. The summed E-state index contributed by atoms with van der Waals surface area (Å²) in [6.07, 6.45) is 4.10. The number of carbonyl (C=O) groups is 1. The monoisotopic (exact) mass is 489 g/mol. The summed E-state index contributed by atoms with van der Waals surface area (Å²) >= 11 is 0. The Hall–Kier alpha value is -2.58. The number of methoxy groups -OCH3 is 1. The van der Waals surface area contributed by atoms with Crippen LogP contribution in [0.1, 0.15) is 51.0 Å². The number of hydrogen-bond donors (Lipinski definition) is 1. The molecule has 8 heteroatoms. The summed E-state index contributed by atoms with van der Waals surface area (Å²) in [4.78, 5) is 14.8. The first-order valence-electron chi connectivity index (χ1n) is 11.8. The number of sulfone groups is 1. The van der Waals surface area contributed by atoms with Crippen LogP contribution >= 0.6 is 0 Å². The maximum Gasteiger partial charge on any atom is 0.325 e. The van der Waals surface area contributed by atoms with E-state index in [2.05, 4.69) is 4.90 Å². The fourth-order valence-corrected chi connectivity index (χ4v) is 6.56. The zero-order valence-electron chi connectivity index (χ0n) is 20.2. The average molecular weight is 490 g/mol. The maximum atomic E-state index is 13.6. The Kier molecular flexibility index (Phi) is 8.60. The summed E-state index contributed by atoms with van der Waals surface area (Å²) in [5.41, 5.74) is 0.646. The van der Waals surface area contributed by atoms with Gasteiger partial charge in [-0.2, -0.15) is 0 Å². The molecule has 1 aliphatic rings. The van der Waals surface area contributed by atoms with Crippen molar-refractivity contribution in [1.82, 2.24) is 4.90 Å². The molecule has 1 fully saturated rings. The van der Waals surface area contributed by atoms with Crippen LogP contribution in [0.5, 0.6) is 11.5 Å². The maximum absolute atomic E-state index is 13.6. The van der Waals surface area contributed by atoms with Crippen molar-refractivity contribution >= 4 is 15.8 Å². The molecule has 1 saturated heterocycles. The van der Waals surface area contributed by atoms with Gasteiger partial charge in [-0.1, -0.05) is 25.5 Å². The highest BCUT2D eigenvalue weighted by Crippen LogP contribution is 2.41. The van der Waals surface area contributed by atoms with Gasteiger partial charge in [0.15, 0.2) is 14.6 Å². The summed E-state index contributed by atoms with van der Waals surface area (Å²) in [5, 5.41) is 10.2. The molecule has 1 aliphatic heterocycles. The normalized spacial score (nSPS) is 17.5. The molecule has 7 nitrogen and oxygen atoms in total. The summed E-state index contributed by atoms with van der Waals surface area (Å²) < 4.78 is 36.1. The van der Waals surface area contributed by atoms with Crippen molar-refractivity contribution in [3.05, 3.63) is 54.1 Å². The van der Waals surface area contributed by atoms with Gasteiger partial charge in [-0.3, -0.25) is 9.69 Å². The van der Waals surface area contributed by atoms with Gasteiger partial charge in [0.25, 0.3) is 0 Å². The highest BCUT2D eigenvalue weighted by molar-refractivity contribution is 7.93. The van der Waals surface area contributed by atoms with E-state index in [0.29, 0.717) is 30.1 Å². The molecule has 2 unspecified atom stereocenters. The van der Waals surface area contributed by atoms with E-state index >= 15 is 0 Å². The molecule has 2 aromatic carbocycles. The highest BCUT2D eigenvalue weighted by Gasteiger charge is 2.53. The number of likely N-dealkylation sites (tertiary alicyclic amines) is 1. The molecule has 2 aromatic rings. The van der Waals surface area contributed by atoms with Gasteiger partial charge < -0.3 is 14.6 Å². The van der Waals surface area contributed by atoms with Gasteiger partial charge in [-0.15, -0.1) is 0 Å². The van der Waals surface area contributed by atoms with Gasteiger partial charge in [0.2, 0.25) is 0 Å². The first-order valence-corrected chi connectivity index (χ1v) is 13.3. The number of nitrogens with zero attached hydrogens (tertiary/aromatic N) is 1. The van der Waals surface area contributed by atoms with Gasteiger partial charge in [0.05, 0.1) is 12.0 Å². The molecule has 3 rings (SSSR count). The number of carboxylic acids is 1. The molecule has 1 N–H and O–H groups in total. The Labute approximate surface area is 202 Å². The Bertz CT molecular complexity index is 1050. The van der Waals surface area contributed by atoms with Crippen LogP contribution in [-0.2, 0) is 14.6 Å². The highest BCUT2D eigenvalue weighted by atomic mass is 32.2. The third-order valence-corrected chi connectivity index (χ3v) is 9.30. The second-order valence-electron chi connectivity index (χ2n) is 8.87. The topological polar surface area (TPSA) is 93.1 Å². The molecule has 0 aliphatic carbocycles. The van der Waals surface area contributed by atoms with Crippen LogP contribution in [0.3, 0.4) is 0 Å². The fraction of sp³-hybridized carbons (Fsp3) is 0.500. The summed E-state index contributed by atoms with van der Waals surface area (Å²) in [7, 11) is -2.73. The van der Waals surface area contributed by atoms with Crippen LogP contribution in [0.15, 0.2) is 53.4 Å². The molecular formula is C26H35NO6S. The number of aliphatic carboxylic acids is 1. The molecular weight excluding hydrogens is 454 g/mol. The largest absolute Gasteiger partial charge is 0.497 e. The summed E-state index contributed by atoms with van der Waals surface area (Å²) in [5.74, 6) is -0.943. The number of benzene rings is 2. The Balaban J connectivity index is 1.80. The first-order chi connectivity index (χ1) is 16.2. The van der Waals surface area contributed by atoms with Crippen LogP contribution in [0.4, 0.5) is 0 Å². The van der Waals surface area contributed by atoms with Crippen LogP contribution in [0, 0.1) is 0 Å². The lowest BCUT2D eigenvalue weighted by molar-refractivity contribution is -0.140. The smallest absolute Gasteiger partial charge is 0.325 e.